The topological polar surface area (TPSA) is 38.8 Å². The summed E-state index contributed by atoms with van der Waals surface area (Å²) in [4.78, 5) is 17.3. The Hall–Kier alpha value is -2.92. The fraction of sp³-hybridized carbons (Fsp3) is 0.136. The number of carbonyl (C=O) groups is 1. The summed E-state index contributed by atoms with van der Waals surface area (Å²) in [7, 11) is 3.19. The van der Waals surface area contributed by atoms with Gasteiger partial charge in [0.15, 0.2) is 11.5 Å². The first-order chi connectivity index (χ1) is 13.2. The van der Waals surface area contributed by atoms with Gasteiger partial charge in [-0.15, -0.1) is 0 Å². The summed E-state index contributed by atoms with van der Waals surface area (Å²) >= 11 is 1.69. The highest BCUT2D eigenvalue weighted by Gasteiger charge is 2.27. The zero-order chi connectivity index (χ0) is 18.8. The van der Waals surface area contributed by atoms with Crippen LogP contribution in [0.1, 0.15) is 5.56 Å². The Labute approximate surface area is 162 Å². The van der Waals surface area contributed by atoms with Crippen molar-refractivity contribution >= 4 is 29.0 Å². The van der Waals surface area contributed by atoms with Crippen LogP contribution in [0, 0.1) is 0 Å². The van der Waals surface area contributed by atoms with Crippen molar-refractivity contribution in [3.05, 3.63) is 72.3 Å². The molecule has 0 unspecified atom stereocenters. The van der Waals surface area contributed by atoms with Crippen LogP contribution in [0.5, 0.6) is 11.5 Å². The van der Waals surface area contributed by atoms with Gasteiger partial charge in [-0.2, -0.15) is 0 Å². The molecule has 0 fully saturated rings. The number of benzene rings is 3. The van der Waals surface area contributed by atoms with Gasteiger partial charge in [0, 0.05) is 9.79 Å². The fourth-order valence-corrected chi connectivity index (χ4v) is 4.28. The number of hydrogen-bond acceptors (Lipinski definition) is 4. The van der Waals surface area contributed by atoms with Crippen LogP contribution in [0.25, 0.3) is 0 Å². The van der Waals surface area contributed by atoms with E-state index in [4.69, 9.17) is 9.47 Å². The molecule has 1 heterocycles. The molecular formula is C22H19NO3S. The van der Waals surface area contributed by atoms with Gasteiger partial charge in [0.2, 0.25) is 5.91 Å². The first kappa shape index (κ1) is 17.5. The quantitative estimate of drug-likeness (QED) is 0.636. The Morgan fingerprint density at radius 2 is 1.44 bits per heavy atom. The lowest BCUT2D eigenvalue weighted by molar-refractivity contribution is -0.117. The van der Waals surface area contributed by atoms with Gasteiger partial charge in [0.1, 0.15) is 0 Å². The number of ether oxygens (including phenoxy) is 2. The maximum absolute atomic E-state index is 13.3. The van der Waals surface area contributed by atoms with Gasteiger partial charge in [0.25, 0.3) is 0 Å². The fourth-order valence-electron chi connectivity index (χ4n) is 3.22. The molecular weight excluding hydrogens is 358 g/mol. The van der Waals surface area contributed by atoms with Crippen LogP contribution in [-0.4, -0.2) is 20.1 Å². The summed E-state index contributed by atoms with van der Waals surface area (Å²) in [6.45, 7) is 0. The molecule has 4 nitrogen and oxygen atoms in total. The molecule has 0 saturated carbocycles. The third kappa shape index (κ3) is 3.26. The lowest BCUT2D eigenvalue weighted by Crippen LogP contribution is -2.29. The summed E-state index contributed by atoms with van der Waals surface area (Å²) in [5.41, 5.74) is 2.73. The van der Waals surface area contributed by atoms with Crippen molar-refractivity contribution in [3.8, 4) is 11.5 Å². The molecule has 0 saturated heterocycles. The Morgan fingerprint density at radius 3 is 2.04 bits per heavy atom. The van der Waals surface area contributed by atoms with Crippen molar-refractivity contribution in [2.24, 2.45) is 0 Å². The zero-order valence-electron chi connectivity index (χ0n) is 15.1. The predicted octanol–water partition coefficient (Wildman–Crippen LogP) is 5.08. The monoisotopic (exact) mass is 377 g/mol. The summed E-state index contributed by atoms with van der Waals surface area (Å²) in [6.07, 6.45) is 0.272. The van der Waals surface area contributed by atoms with E-state index in [2.05, 4.69) is 0 Å². The molecule has 0 atom stereocenters. The molecule has 136 valence electrons. The van der Waals surface area contributed by atoms with Crippen LogP contribution in [0.15, 0.2) is 76.5 Å². The van der Waals surface area contributed by atoms with Crippen LogP contribution in [-0.2, 0) is 11.2 Å². The van der Waals surface area contributed by atoms with Crippen LogP contribution in [0.2, 0.25) is 0 Å². The maximum atomic E-state index is 13.3. The van der Waals surface area contributed by atoms with Crippen LogP contribution < -0.4 is 14.4 Å². The first-order valence-electron chi connectivity index (χ1n) is 8.61. The van der Waals surface area contributed by atoms with E-state index < -0.39 is 0 Å². The highest BCUT2D eigenvalue weighted by atomic mass is 32.2. The van der Waals surface area contributed by atoms with E-state index in [1.54, 1.807) is 26.0 Å². The number of nitrogens with zero attached hydrogens (tertiary/aromatic N) is 1. The largest absolute Gasteiger partial charge is 0.493 e. The Morgan fingerprint density at radius 1 is 0.852 bits per heavy atom. The molecule has 1 amide bonds. The second kappa shape index (κ2) is 7.37. The normalized spacial score (nSPS) is 12.1. The van der Waals surface area contributed by atoms with E-state index in [-0.39, 0.29) is 12.3 Å². The predicted molar refractivity (Wildman–Crippen MR) is 107 cm³/mol. The average molecular weight is 377 g/mol. The molecule has 0 aromatic heterocycles. The molecule has 0 spiro atoms. The van der Waals surface area contributed by atoms with Gasteiger partial charge in [0.05, 0.1) is 32.0 Å². The number of amides is 1. The Kier molecular flexibility index (Phi) is 4.77. The standard InChI is InChI=1S/C22H19NO3S/c1-25-18-12-11-15(13-19(18)26-2)14-22(24)23-16-7-3-5-9-20(16)27-21-10-6-4-8-17(21)23/h3-13H,14H2,1-2H3. The number of carbonyl (C=O) groups excluding carboxylic acids is 1. The highest BCUT2D eigenvalue weighted by Crippen LogP contribution is 2.48. The van der Waals surface area contributed by atoms with Crippen molar-refractivity contribution in [1.29, 1.82) is 0 Å². The molecule has 5 heteroatoms. The summed E-state index contributed by atoms with van der Waals surface area (Å²) in [5, 5.41) is 0. The number of fused-ring (bicyclic) bond motifs is 2. The second-order valence-corrected chi connectivity index (χ2v) is 7.22. The van der Waals surface area contributed by atoms with Crippen molar-refractivity contribution in [1.82, 2.24) is 0 Å². The van der Waals surface area contributed by atoms with Gasteiger partial charge < -0.3 is 9.47 Å². The Balaban J connectivity index is 1.70. The van der Waals surface area contributed by atoms with Crippen LogP contribution >= 0.6 is 11.8 Å². The molecule has 1 aliphatic heterocycles. The van der Waals surface area contributed by atoms with Gasteiger partial charge in [-0.25, -0.2) is 0 Å². The minimum Gasteiger partial charge on any atom is -0.493 e. The third-order valence-corrected chi connectivity index (χ3v) is 5.62. The molecule has 27 heavy (non-hydrogen) atoms. The Bertz CT molecular complexity index is 957. The van der Waals surface area contributed by atoms with E-state index in [1.807, 2.05) is 71.6 Å². The van der Waals surface area contributed by atoms with Gasteiger partial charge in [-0.1, -0.05) is 42.1 Å². The van der Waals surface area contributed by atoms with Gasteiger partial charge in [-0.3, -0.25) is 9.69 Å². The van der Waals surface area contributed by atoms with Crippen LogP contribution in [0.4, 0.5) is 11.4 Å². The molecule has 1 aliphatic rings. The van der Waals surface area contributed by atoms with E-state index in [0.29, 0.717) is 11.5 Å². The molecule has 0 N–H and O–H groups in total. The first-order valence-corrected chi connectivity index (χ1v) is 9.42. The number of hydrogen-bond donors (Lipinski definition) is 0. The number of para-hydroxylation sites is 2. The van der Waals surface area contributed by atoms with Crippen LogP contribution in [0.3, 0.4) is 0 Å². The van der Waals surface area contributed by atoms with E-state index >= 15 is 0 Å². The SMILES string of the molecule is COc1ccc(CC(=O)N2c3ccccc3Sc3ccccc32)cc1OC. The molecule has 3 aromatic carbocycles. The number of anilines is 2. The van der Waals surface area contributed by atoms with Gasteiger partial charge >= 0.3 is 0 Å². The smallest absolute Gasteiger partial charge is 0.236 e. The van der Waals surface area contributed by atoms with E-state index in [1.165, 1.54) is 0 Å². The maximum Gasteiger partial charge on any atom is 0.236 e. The number of methoxy groups -OCH3 is 2. The van der Waals surface area contributed by atoms with E-state index in [0.717, 1.165) is 26.7 Å². The second-order valence-electron chi connectivity index (χ2n) is 6.13. The van der Waals surface area contributed by atoms with Crippen molar-refractivity contribution in [2.75, 3.05) is 19.1 Å². The van der Waals surface area contributed by atoms with Gasteiger partial charge in [-0.05, 0) is 42.0 Å². The zero-order valence-corrected chi connectivity index (χ0v) is 16.0. The lowest BCUT2D eigenvalue weighted by Gasteiger charge is -2.31. The molecule has 3 aromatic rings. The van der Waals surface area contributed by atoms with Crippen molar-refractivity contribution in [2.45, 2.75) is 16.2 Å². The van der Waals surface area contributed by atoms with Crippen molar-refractivity contribution < 1.29 is 14.3 Å². The molecule has 4 rings (SSSR count). The minimum atomic E-state index is 0.0161. The van der Waals surface area contributed by atoms with Crippen molar-refractivity contribution in [3.63, 3.8) is 0 Å². The number of rotatable bonds is 4. The summed E-state index contributed by atoms with van der Waals surface area (Å²) in [5.74, 6) is 1.29. The lowest BCUT2D eigenvalue weighted by atomic mass is 10.1. The summed E-state index contributed by atoms with van der Waals surface area (Å²) < 4.78 is 10.6. The molecule has 0 radical (unpaired) electrons. The van der Waals surface area contributed by atoms with E-state index in [9.17, 15) is 4.79 Å². The average Bonchev–Trinajstić information content (AvgIpc) is 2.71. The summed E-state index contributed by atoms with van der Waals surface area (Å²) in [6, 6.07) is 21.6. The minimum absolute atomic E-state index is 0.0161. The molecule has 0 aliphatic carbocycles. The molecule has 0 bridgehead atoms. The highest BCUT2D eigenvalue weighted by molar-refractivity contribution is 7.99. The third-order valence-electron chi connectivity index (χ3n) is 4.48.